The summed E-state index contributed by atoms with van der Waals surface area (Å²) in [6.07, 6.45) is -0.593. The maximum Gasteiger partial charge on any atom is 0.408 e. The Bertz CT molecular complexity index is 304. The van der Waals surface area contributed by atoms with Crippen molar-refractivity contribution in [1.29, 1.82) is 0 Å². The lowest BCUT2D eigenvalue weighted by Crippen LogP contribution is -2.48. The molecular weight excluding hydrogens is 210 g/mol. The van der Waals surface area contributed by atoms with Crippen LogP contribution in [0.4, 0.5) is 4.79 Å². The highest BCUT2D eigenvalue weighted by Gasteiger charge is 2.45. The van der Waals surface area contributed by atoms with Gasteiger partial charge in [-0.3, -0.25) is 0 Å². The SMILES string of the molecule is CC(C)(C)OC(=O)N[C@@H]1C(=O)OCC1(C)C. The van der Waals surface area contributed by atoms with Crippen molar-refractivity contribution in [1.82, 2.24) is 5.32 Å². The molecule has 1 aliphatic rings. The van der Waals surface area contributed by atoms with Gasteiger partial charge in [0.2, 0.25) is 0 Å². The first kappa shape index (κ1) is 12.8. The van der Waals surface area contributed by atoms with Gasteiger partial charge in [-0.1, -0.05) is 13.8 Å². The van der Waals surface area contributed by atoms with E-state index in [9.17, 15) is 9.59 Å². The van der Waals surface area contributed by atoms with Gasteiger partial charge in [0.15, 0.2) is 0 Å². The third kappa shape index (κ3) is 3.12. The zero-order valence-electron chi connectivity index (χ0n) is 10.4. The van der Waals surface area contributed by atoms with E-state index in [4.69, 9.17) is 9.47 Å². The Kier molecular flexibility index (Phi) is 3.17. The molecule has 1 aliphatic heterocycles. The molecule has 0 radical (unpaired) electrons. The van der Waals surface area contributed by atoms with Crippen LogP contribution in [0.1, 0.15) is 34.6 Å². The van der Waals surface area contributed by atoms with Crippen LogP contribution in [0.15, 0.2) is 0 Å². The molecule has 92 valence electrons. The van der Waals surface area contributed by atoms with Gasteiger partial charge in [-0.15, -0.1) is 0 Å². The molecule has 1 rings (SSSR count). The molecule has 1 atom stereocenters. The Balaban J connectivity index is 2.60. The molecule has 1 fully saturated rings. The molecule has 0 spiro atoms. The monoisotopic (exact) mass is 229 g/mol. The van der Waals surface area contributed by atoms with Crippen LogP contribution in [0.5, 0.6) is 0 Å². The molecule has 0 saturated carbocycles. The molecule has 1 heterocycles. The number of nitrogens with one attached hydrogen (secondary N) is 1. The van der Waals surface area contributed by atoms with Crippen molar-refractivity contribution in [3.05, 3.63) is 0 Å². The van der Waals surface area contributed by atoms with Crippen molar-refractivity contribution in [2.24, 2.45) is 5.41 Å². The third-order valence-electron chi connectivity index (χ3n) is 2.26. The number of rotatable bonds is 1. The number of hydrogen-bond donors (Lipinski definition) is 1. The smallest absolute Gasteiger partial charge is 0.408 e. The minimum absolute atomic E-state index is 0.312. The number of ether oxygens (including phenoxy) is 2. The van der Waals surface area contributed by atoms with E-state index >= 15 is 0 Å². The van der Waals surface area contributed by atoms with Gasteiger partial charge in [0.05, 0.1) is 6.61 Å². The minimum atomic E-state index is -0.637. The molecule has 1 N–H and O–H groups in total. The van der Waals surface area contributed by atoms with Crippen molar-refractivity contribution in [3.8, 4) is 0 Å². The summed E-state index contributed by atoms with van der Waals surface area (Å²) in [5.41, 5.74) is -0.968. The van der Waals surface area contributed by atoms with Crippen LogP contribution in [0.25, 0.3) is 0 Å². The van der Waals surface area contributed by atoms with Gasteiger partial charge >= 0.3 is 12.1 Å². The Hall–Kier alpha value is -1.26. The molecule has 16 heavy (non-hydrogen) atoms. The van der Waals surface area contributed by atoms with Gasteiger partial charge < -0.3 is 14.8 Å². The fourth-order valence-corrected chi connectivity index (χ4v) is 1.42. The topological polar surface area (TPSA) is 64.6 Å². The van der Waals surface area contributed by atoms with Crippen molar-refractivity contribution in [3.63, 3.8) is 0 Å². The van der Waals surface area contributed by atoms with Crippen molar-refractivity contribution < 1.29 is 19.1 Å². The molecule has 5 nitrogen and oxygen atoms in total. The molecule has 0 bridgehead atoms. The summed E-state index contributed by atoms with van der Waals surface area (Å²) in [5, 5.41) is 2.54. The second-order valence-electron chi connectivity index (χ2n) is 5.68. The van der Waals surface area contributed by atoms with Crippen LogP contribution in [-0.4, -0.2) is 30.3 Å². The molecule has 5 heteroatoms. The number of cyclic esters (lactones) is 1. The molecule has 0 aromatic carbocycles. The molecule has 0 aliphatic carbocycles. The molecular formula is C11H19NO4. The Labute approximate surface area is 95.5 Å². The first-order valence-corrected chi connectivity index (χ1v) is 5.28. The quantitative estimate of drug-likeness (QED) is 0.691. The van der Waals surface area contributed by atoms with Crippen molar-refractivity contribution >= 4 is 12.1 Å². The van der Waals surface area contributed by atoms with Crippen LogP contribution in [-0.2, 0) is 14.3 Å². The average molecular weight is 229 g/mol. The highest BCUT2D eigenvalue weighted by molar-refractivity contribution is 5.83. The lowest BCUT2D eigenvalue weighted by atomic mass is 9.88. The zero-order chi connectivity index (χ0) is 12.6. The van der Waals surface area contributed by atoms with Gasteiger partial charge in [0, 0.05) is 5.41 Å². The normalized spacial score (nSPS) is 23.8. The summed E-state index contributed by atoms with van der Waals surface area (Å²) in [7, 11) is 0. The minimum Gasteiger partial charge on any atom is -0.463 e. The van der Waals surface area contributed by atoms with E-state index in [1.54, 1.807) is 20.8 Å². The van der Waals surface area contributed by atoms with Crippen molar-refractivity contribution in [2.75, 3.05) is 6.61 Å². The molecule has 0 unspecified atom stereocenters. The molecule has 1 saturated heterocycles. The van der Waals surface area contributed by atoms with Crippen molar-refractivity contribution in [2.45, 2.75) is 46.3 Å². The first-order valence-electron chi connectivity index (χ1n) is 5.28. The lowest BCUT2D eigenvalue weighted by Gasteiger charge is -2.25. The number of alkyl carbamates (subject to hydrolysis) is 1. The highest BCUT2D eigenvalue weighted by Crippen LogP contribution is 2.28. The van der Waals surface area contributed by atoms with Gasteiger partial charge in [0.25, 0.3) is 0 Å². The molecule has 0 aromatic heterocycles. The number of carbonyl (C=O) groups is 2. The average Bonchev–Trinajstić information content (AvgIpc) is 2.28. The first-order chi connectivity index (χ1) is 7.12. The number of carbonyl (C=O) groups excluding carboxylic acids is 2. The van der Waals surface area contributed by atoms with Gasteiger partial charge in [-0.25, -0.2) is 9.59 Å². The van der Waals surface area contributed by atoms with Crippen LogP contribution >= 0.6 is 0 Å². The van der Waals surface area contributed by atoms with Crippen LogP contribution < -0.4 is 5.32 Å². The van der Waals surface area contributed by atoms with E-state index in [1.807, 2.05) is 13.8 Å². The maximum atomic E-state index is 11.5. The van der Waals surface area contributed by atoms with Crippen LogP contribution in [0.2, 0.25) is 0 Å². The molecule has 1 amide bonds. The lowest BCUT2D eigenvalue weighted by molar-refractivity contribution is -0.139. The second-order valence-corrected chi connectivity index (χ2v) is 5.68. The summed E-state index contributed by atoms with van der Waals surface area (Å²) in [6, 6.07) is -0.637. The number of esters is 1. The fourth-order valence-electron chi connectivity index (χ4n) is 1.42. The van der Waals surface area contributed by atoms with Gasteiger partial charge in [0.1, 0.15) is 11.6 Å². The van der Waals surface area contributed by atoms with E-state index in [-0.39, 0.29) is 0 Å². The Morgan fingerprint density at radius 1 is 1.50 bits per heavy atom. The van der Waals surface area contributed by atoms with E-state index in [2.05, 4.69) is 5.32 Å². The van der Waals surface area contributed by atoms with Gasteiger partial charge in [-0.2, -0.15) is 0 Å². The van der Waals surface area contributed by atoms with E-state index < -0.39 is 29.1 Å². The standard InChI is InChI=1S/C11H19NO4/c1-10(2,3)16-9(14)12-7-8(13)15-6-11(7,4)5/h7H,6H2,1-5H3,(H,12,14)/t7-/m1/s1. The Morgan fingerprint density at radius 2 is 2.06 bits per heavy atom. The van der Waals surface area contributed by atoms with Crippen LogP contribution in [0.3, 0.4) is 0 Å². The summed E-state index contributed by atoms with van der Waals surface area (Å²) in [5.74, 6) is -0.407. The maximum absolute atomic E-state index is 11.5. The predicted molar refractivity (Wildman–Crippen MR) is 57.9 cm³/mol. The molecule has 0 aromatic rings. The summed E-state index contributed by atoms with van der Waals surface area (Å²) < 4.78 is 9.99. The largest absolute Gasteiger partial charge is 0.463 e. The third-order valence-corrected chi connectivity index (χ3v) is 2.26. The van der Waals surface area contributed by atoms with E-state index in [1.165, 1.54) is 0 Å². The summed E-state index contributed by atoms with van der Waals surface area (Å²) >= 11 is 0. The van der Waals surface area contributed by atoms with Gasteiger partial charge in [-0.05, 0) is 20.8 Å². The summed E-state index contributed by atoms with van der Waals surface area (Å²) in [4.78, 5) is 22.9. The Morgan fingerprint density at radius 3 is 2.44 bits per heavy atom. The predicted octanol–water partition coefficient (Wildman–Crippen LogP) is 1.46. The van der Waals surface area contributed by atoms with Crippen LogP contribution in [0, 0.1) is 5.41 Å². The number of hydrogen-bond acceptors (Lipinski definition) is 4. The van der Waals surface area contributed by atoms with E-state index in [0.717, 1.165) is 0 Å². The fraction of sp³-hybridized carbons (Fsp3) is 0.818. The number of amides is 1. The van der Waals surface area contributed by atoms with E-state index in [0.29, 0.717) is 6.61 Å². The zero-order valence-corrected chi connectivity index (χ0v) is 10.4. The highest BCUT2D eigenvalue weighted by atomic mass is 16.6. The second kappa shape index (κ2) is 3.96. The summed E-state index contributed by atoms with van der Waals surface area (Å²) in [6.45, 7) is 9.34.